The molecule has 34 heavy (non-hydrogen) atoms. The summed E-state index contributed by atoms with van der Waals surface area (Å²) in [5, 5.41) is 11.1. The van der Waals surface area contributed by atoms with Gasteiger partial charge in [0.15, 0.2) is 17.5 Å². The lowest BCUT2D eigenvalue weighted by atomic mass is 10.0. The number of halogens is 2. The topological polar surface area (TPSA) is 50.4 Å². The van der Waals surface area contributed by atoms with Crippen LogP contribution in [0.1, 0.15) is 28.2 Å². The first kappa shape index (κ1) is 21.8. The molecule has 0 aliphatic carbocycles. The second-order valence-electron chi connectivity index (χ2n) is 8.23. The lowest BCUT2D eigenvalue weighted by molar-refractivity contribution is 0.420. The Balaban J connectivity index is 1.58. The van der Waals surface area contributed by atoms with Crippen molar-refractivity contribution in [2.45, 2.75) is 19.4 Å². The van der Waals surface area contributed by atoms with Gasteiger partial charge in [-0.15, -0.1) is 0 Å². The molecule has 1 aliphatic heterocycles. The summed E-state index contributed by atoms with van der Waals surface area (Å²) in [7, 11) is 0. The van der Waals surface area contributed by atoms with E-state index in [0.29, 0.717) is 36.7 Å². The van der Waals surface area contributed by atoms with Crippen molar-refractivity contribution in [1.29, 1.82) is 0 Å². The second kappa shape index (κ2) is 9.43. The lowest BCUT2D eigenvalue weighted by Crippen LogP contribution is -2.17. The van der Waals surface area contributed by atoms with Gasteiger partial charge in [-0.25, -0.2) is 13.8 Å². The van der Waals surface area contributed by atoms with Crippen LogP contribution in [0.3, 0.4) is 0 Å². The van der Waals surface area contributed by atoms with Crippen molar-refractivity contribution in [3.05, 3.63) is 125 Å². The average Bonchev–Trinajstić information content (AvgIpc) is 3.15. The Morgan fingerprint density at radius 3 is 2.35 bits per heavy atom. The van der Waals surface area contributed by atoms with Crippen LogP contribution in [0, 0.1) is 11.6 Å². The SMILES string of the molecule is Oc1c(Cc2ccccc2)nc2n1C/C=C(/c1ccccc1)CN=C2Cc1cccc(F)c1F. The van der Waals surface area contributed by atoms with E-state index < -0.39 is 11.6 Å². The van der Waals surface area contributed by atoms with Crippen LogP contribution in [0.15, 0.2) is 89.9 Å². The van der Waals surface area contributed by atoms with Crippen LogP contribution in [0.2, 0.25) is 0 Å². The Morgan fingerprint density at radius 2 is 1.59 bits per heavy atom. The molecular weight excluding hydrogens is 432 g/mol. The Morgan fingerprint density at radius 1 is 0.853 bits per heavy atom. The maximum atomic E-state index is 14.5. The van der Waals surface area contributed by atoms with E-state index >= 15 is 0 Å². The summed E-state index contributed by atoms with van der Waals surface area (Å²) in [5.74, 6) is -1.27. The quantitative estimate of drug-likeness (QED) is 0.427. The predicted octanol–water partition coefficient (Wildman–Crippen LogP) is 5.59. The molecule has 4 nitrogen and oxygen atoms in total. The molecule has 0 spiro atoms. The Labute approximate surface area is 196 Å². The molecule has 3 aromatic carbocycles. The summed E-state index contributed by atoms with van der Waals surface area (Å²) in [6.45, 7) is 0.760. The van der Waals surface area contributed by atoms with Gasteiger partial charge in [-0.3, -0.25) is 9.56 Å². The number of hydrogen-bond acceptors (Lipinski definition) is 3. The minimum absolute atomic E-state index is 0.0526. The zero-order valence-electron chi connectivity index (χ0n) is 18.5. The molecule has 0 atom stereocenters. The van der Waals surface area contributed by atoms with Gasteiger partial charge in [0.2, 0.25) is 5.88 Å². The Bertz CT molecular complexity index is 1380. The standard InChI is InChI=1S/C28H23F2N3O/c29-23-13-7-12-21(26(23)30)17-24-27-32-25(16-19-8-3-1-4-9-19)28(34)33(27)15-14-22(18-31-24)20-10-5-2-6-11-20/h1-14,34H,15-18H2/b22-14+,31-24?. The fourth-order valence-electron chi connectivity index (χ4n) is 4.17. The average molecular weight is 456 g/mol. The van der Waals surface area contributed by atoms with E-state index in [1.807, 2.05) is 66.7 Å². The number of aliphatic imine (C=N–C) groups is 1. The molecular formula is C28H23F2N3O. The highest BCUT2D eigenvalue weighted by atomic mass is 19.2. The maximum Gasteiger partial charge on any atom is 0.215 e. The highest BCUT2D eigenvalue weighted by molar-refractivity contribution is 6.00. The van der Waals surface area contributed by atoms with E-state index in [1.165, 1.54) is 6.07 Å². The summed E-state index contributed by atoms with van der Waals surface area (Å²) in [4.78, 5) is 9.49. The number of allylic oxidation sites excluding steroid dienone is 1. The minimum atomic E-state index is -0.898. The van der Waals surface area contributed by atoms with Crippen LogP contribution in [0.4, 0.5) is 8.78 Å². The van der Waals surface area contributed by atoms with Crippen LogP contribution in [-0.2, 0) is 19.4 Å². The van der Waals surface area contributed by atoms with E-state index in [0.717, 1.165) is 22.8 Å². The van der Waals surface area contributed by atoms with E-state index in [9.17, 15) is 13.9 Å². The number of hydrogen-bond donors (Lipinski definition) is 1. The van der Waals surface area contributed by atoms with Crippen molar-refractivity contribution in [3.63, 3.8) is 0 Å². The van der Waals surface area contributed by atoms with Crippen molar-refractivity contribution in [3.8, 4) is 5.88 Å². The third kappa shape index (κ3) is 4.39. The van der Waals surface area contributed by atoms with Gasteiger partial charge in [0.1, 0.15) is 5.69 Å². The van der Waals surface area contributed by atoms with Gasteiger partial charge in [0.25, 0.3) is 0 Å². The van der Waals surface area contributed by atoms with Crippen LogP contribution in [0.25, 0.3) is 5.57 Å². The molecule has 1 aliphatic rings. The molecule has 0 radical (unpaired) electrons. The minimum Gasteiger partial charge on any atom is -0.493 e. The molecule has 4 aromatic rings. The Kier molecular flexibility index (Phi) is 6.04. The number of nitrogens with zero attached hydrogens (tertiary/aromatic N) is 3. The van der Waals surface area contributed by atoms with Crippen LogP contribution < -0.4 is 0 Å². The molecule has 170 valence electrons. The highest BCUT2D eigenvalue weighted by Gasteiger charge is 2.23. The van der Waals surface area contributed by atoms with Gasteiger partial charge in [-0.05, 0) is 28.3 Å². The summed E-state index contributed by atoms with van der Waals surface area (Å²) in [6, 6.07) is 23.8. The molecule has 0 saturated carbocycles. The first-order valence-corrected chi connectivity index (χ1v) is 11.1. The summed E-state index contributed by atoms with van der Waals surface area (Å²) >= 11 is 0. The first-order chi connectivity index (χ1) is 16.6. The number of aromatic nitrogens is 2. The molecule has 1 aromatic heterocycles. The van der Waals surface area contributed by atoms with Gasteiger partial charge in [0.05, 0.1) is 12.3 Å². The van der Waals surface area contributed by atoms with Gasteiger partial charge >= 0.3 is 0 Å². The van der Waals surface area contributed by atoms with Crippen molar-refractivity contribution in [2.24, 2.45) is 4.99 Å². The second-order valence-corrected chi connectivity index (χ2v) is 8.23. The van der Waals surface area contributed by atoms with Crippen LogP contribution in [0.5, 0.6) is 5.88 Å². The lowest BCUT2D eigenvalue weighted by Gasteiger charge is -2.15. The molecule has 0 unspecified atom stereocenters. The van der Waals surface area contributed by atoms with Crippen molar-refractivity contribution in [1.82, 2.24) is 9.55 Å². The molecule has 2 heterocycles. The fourth-order valence-corrected chi connectivity index (χ4v) is 4.17. The molecule has 0 bridgehead atoms. The van der Waals surface area contributed by atoms with E-state index in [-0.39, 0.29) is 17.9 Å². The van der Waals surface area contributed by atoms with E-state index in [4.69, 9.17) is 9.98 Å². The van der Waals surface area contributed by atoms with Gasteiger partial charge in [-0.2, -0.15) is 0 Å². The summed E-state index contributed by atoms with van der Waals surface area (Å²) in [5.41, 5.74) is 4.24. The van der Waals surface area contributed by atoms with Gasteiger partial charge in [0, 0.05) is 19.4 Å². The number of aromatic hydroxyl groups is 1. The number of rotatable bonds is 5. The Hall–Kier alpha value is -4.06. The molecule has 1 N–H and O–H groups in total. The summed E-state index contributed by atoms with van der Waals surface area (Å²) < 4.78 is 30.1. The fraction of sp³-hybridized carbons (Fsp3) is 0.143. The van der Waals surface area contributed by atoms with Crippen molar-refractivity contribution in [2.75, 3.05) is 6.54 Å². The predicted molar refractivity (Wildman–Crippen MR) is 129 cm³/mol. The molecule has 0 fully saturated rings. The first-order valence-electron chi connectivity index (χ1n) is 11.1. The maximum absolute atomic E-state index is 14.5. The zero-order chi connectivity index (χ0) is 23.5. The van der Waals surface area contributed by atoms with E-state index in [1.54, 1.807) is 10.6 Å². The van der Waals surface area contributed by atoms with Crippen molar-refractivity contribution < 1.29 is 13.9 Å². The highest BCUT2D eigenvalue weighted by Crippen LogP contribution is 2.27. The normalized spacial score (nSPS) is 15.0. The smallest absolute Gasteiger partial charge is 0.215 e. The van der Waals surface area contributed by atoms with E-state index in [2.05, 4.69) is 0 Å². The third-order valence-corrected chi connectivity index (χ3v) is 5.98. The largest absolute Gasteiger partial charge is 0.493 e. The van der Waals surface area contributed by atoms with Gasteiger partial charge < -0.3 is 5.11 Å². The summed E-state index contributed by atoms with van der Waals surface area (Å²) in [6.07, 6.45) is 2.53. The molecule has 6 heteroatoms. The van der Waals surface area contributed by atoms with Crippen LogP contribution in [-0.4, -0.2) is 26.9 Å². The monoisotopic (exact) mass is 455 g/mol. The molecule has 0 saturated heterocycles. The van der Waals surface area contributed by atoms with Crippen LogP contribution >= 0.6 is 0 Å². The molecule has 5 rings (SSSR count). The van der Waals surface area contributed by atoms with Crippen molar-refractivity contribution >= 4 is 11.3 Å². The third-order valence-electron chi connectivity index (χ3n) is 5.98. The number of benzene rings is 3. The van der Waals surface area contributed by atoms with Gasteiger partial charge in [-0.1, -0.05) is 78.9 Å². The number of fused-ring (bicyclic) bond motifs is 1. The zero-order valence-corrected chi connectivity index (χ0v) is 18.5. The number of imidazole rings is 1. The molecule has 0 amide bonds.